The van der Waals surface area contributed by atoms with Crippen LogP contribution in [0, 0.1) is 11.3 Å². The topological polar surface area (TPSA) is 58.2 Å². The predicted octanol–water partition coefficient (Wildman–Crippen LogP) is 1.81. The summed E-state index contributed by atoms with van der Waals surface area (Å²) in [7, 11) is 0. The molecule has 0 bridgehead atoms. The molecule has 1 saturated heterocycles. The van der Waals surface area contributed by atoms with Crippen molar-refractivity contribution in [1.29, 1.82) is 5.26 Å². The van der Waals surface area contributed by atoms with Crippen LogP contribution in [-0.4, -0.2) is 18.8 Å². The van der Waals surface area contributed by atoms with Crippen LogP contribution < -0.4 is 5.32 Å². The Labute approximate surface area is 95.2 Å². The Kier molecular flexibility index (Phi) is 3.60. The molecular weight excluding hydrogens is 204 g/mol. The van der Waals surface area contributed by atoms with Crippen LogP contribution in [0.3, 0.4) is 0 Å². The van der Waals surface area contributed by atoms with Crippen molar-refractivity contribution >= 4 is 0 Å². The molecule has 1 aliphatic rings. The fourth-order valence-electron chi connectivity index (χ4n) is 1.96. The molecule has 4 nitrogen and oxygen atoms in total. The quantitative estimate of drug-likeness (QED) is 0.844. The highest BCUT2D eigenvalue weighted by molar-refractivity contribution is 5.18. The van der Waals surface area contributed by atoms with Gasteiger partial charge in [0, 0.05) is 12.6 Å². The monoisotopic (exact) mass is 220 g/mol. The van der Waals surface area contributed by atoms with Crippen molar-refractivity contribution in [2.75, 3.05) is 6.61 Å². The number of hydrogen-bond donors (Lipinski definition) is 1. The minimum atomic E-state index is 0.331. The van der Waals surface area contributed by atoms with Crippen LogP contribution in [0.2, 0.25) is 0 Å². The number of nitrogens with zero attached hydrogens (tertiary/aromatic N) is 1. The Morgan fingerprint density at radius 3 is 3.12 bits per heavy atom. The van der Waals surface area contributed by atoms with Crippen molar-refractivity contribution < 1.29 is 9.15 Å². The summed E-state index contributed by atoms with van der Waals surface area (Å²) in [4.78, 5) is 0. The molecule has 0 radical (unpaired) electrons. The number of ether oxygens (including phenoxy) is 1. The van der Waals surface area contributed by atoms with Crippen molar-refractivity contribution in [1.82, 2.24) is 5.32 Å². The van der Waals surface area contributed by atoms with Crippen LogP contribution in [0.15, 0.2) is 16.5 Å². The van der Waals surface area contributed by atoms with Gasteiger partial charge >= 0.3 is 0 Å². The van der Waals surface area contributed by atoms with Gasteiger partial charge in [-0.1, -0.05) is 0 Å². The van der Waals surface area contributed by atoms with E-state index in [1.165, 1.54) is 0 Å². The molecule has 1 fully saturated rings. The van der Waals surface area contributed by atoms with Gasteiger partial charge in [0.25, 0.3) is 0 Å². The maximum absolute atomic E-state index is 8.62. The first kappa shape index (κ1) is 11.2. The molecule has 2 rings (SSSR count). The van der Waals surface area contributed by atoms with Crippen LogP contribution in [0.1, 0.15) is 31.3 Å². The van der Waals surface area contributed by atoms with Crippen molar-refractivity contribution in [3.63, 3.8) is 0 Å². The average molecular weight is 220 g/mol. The van der Waals surface area contributed by atoms with E-state index in [1.54, 1.807) is 6.07 Å². The van der Waals surface area contributed by atoms with E-state index in [9.17, 15) is 0 Å². The van der Waals surface area contributed by atoms with Gasteiger partial charge in [0.1, 0.15) is 11.8 Å². The van der Waals surface area contributed by atoms with E-state index < -0.39 is 0 Å². The van der Waals surface area contributed by atoms with Gasteiger partial charge in [0.05, 0.1) is 12.6 Å². The highest BCUT2D eigenvalue weighted by atomic mass is 16.5. The fourth-order valence-corrected chi connectivity index (χ4v) is 1.96. The highest BCUT2D eigenvalue weighted by Crippen LogP contribution is 2.14. The first-order valence-electron chi connectivity index (χ1n) is 5.61. The molecule has 86 valence electrons. The van der Waals surface area contributed by atoms with Gasteiger partial charge in [-0.2, -0.15) is 5.26 Å². The summed E-state index contributed by atoms with van der Waals surface area (Å²) in [6.45, 7) is 3.59. The lowest BCUT2D eigenvalue weighted by molar-refractivity contribution is 0.0127. The van der Waals surface area contributed by atoms with Crippen LogP contribution in [-0.2, 0) is 11.3 Å². The number of hydrogen-bond acceptors (Lipinski definition) is 4. The Morgan fingerprint density at radius 2 is 2.44 bits per heavy atom. The van der Waals surface area contributed by atoms with Gasteiger partial charge in [-0.25, -0.2) is 0 Å². The lowest BCUT2D eigenvalue weighted by Crippen LogP contribution is -2.37. The van der Waals surface area contributed by atoms with E-state index in [0.717, 1.165) is 25.2 Å². The zero-order chi connectivity index (χ0) is 11.4. The Morgan fingerprint density at radius 1 is 1.56 bits per heavy atom. The molecule has 1 aliphatic heterocycles. The number of nitrogens with one attached hydrogen (secondary N) is 1. The summed E-state index contributed by atoms with van der Waals surface area (Å²) in [5, 5.41) is 12.0. The fraction of sp³-hybridized carbons (Fsp3) is 0.583. The van der Waals surface area contributed by atoms with Crippen LogP contribution >= 0.6 is 0 Å². The molecule has 2 unspecified atom stereocenters. The Balaban J connectivity index is 1.80. The molecule has 0 amide bonds. The summed E-state index contributed by atoms with van der Waals surface area (Å²) in [5.41, 5.74) is 0. The lowest BCUT2D eigenvalue weighted by Gasteiger charge is -2.27. The Hall–Kier alpha value is -1.31. The van der Waals surface area contributed by atoms with Gasteiger partial charge in [-0.3, -0.25) is 0 Å². The number of nitriles is 1. The third-order valence-electron chi connectivity index (χ3n) is 2.82. The summed E-state index contributed by atoms with van der Waals surface area (Å²) in [6, 6.07) is 6.00. The standard InChI is InChI=1S/C12H16N2O2/c1-9-6-10(4-5-15-9)14-8-12-3-2-11(7-13)16-12/h2-3,9-10,14H,4-6,8H2,1H3. The summed E-state index contributed by atoms with van der Waals surface area (Å²) < 4.78 is 10.8. The Bertz CT molecular complexity index is 381. The second-order valence-corrected chi connectivity index (χ2v) is 4.16. The molecule has 4 heteroatoms. The first-order chi connectivity index (χ1) is 7.78. The zero-order valence-electron chi connectivity index (χ0n) is 9.40. The largest absolute Gasteiger partial charge is 0.449 e. The van der Waals surface area contributed by atoms with Gasteiger partial charge in [0.15, 0.2) is 0 Å². The lowest BCUT2D eigenvalue weighted by atomic mass is 10.0. The average Bonchev–Trinajstić information content (AvgIpc) is 2.74. The van der Waals surface area contributed by atoms with Crippen molar-refractivity contribution in [2.45, 2.75) is 38.5 Å². The van der Waals surface area contributed by atoms with Crippen LogP contribution in [0.5, 0.6) is 0 Å². The molecule has 0 spiro atoms. The first-order valence-corrected chi connectivity index (χ1v) is 5.61. The van der Waals surface area contributed by atoms with E-state index in [0.29, 0.717) is 24.5 Å². The molecular formula is C12H16N2O2. The number of furan rings is 1. The molecule has 16 heavy (non-hydrogen) atoms. The van der Waals surface area contributed by atoms with E-state index in [1.807, 2.05) is 12.1 Å². The molecule has 0 saturated carbocycles. The SMILES string of the molecule is CC1CC(NCc2ccc(C#N)o2)CCO1. The normalized spacial score (nSPS) is 25.2. The van der Waals surface area contributed by atoms with Gasteiger partial charge in [-0.05, 0) is 31.9 Å². The third kappa shape index (κ3) is 2.84. The summed E-state index contributed by atoms with van der Waals surface area (Å²) in [6.07, 6.45) is 2.40. The molecule has 2 atom stereocenters. The van der Waals surface area contributed by atoms with Crippen LogP contribution in [0.25, 0.3) is 0 Å². The smallest absolute Gasteiger partial charge is 0.203 e. The summed E-state index contributed by atoms with van der Waals surface area (Å²) in [5.74, 6) is 1.19. The zero-order valence-corrected chi connectivity index (χ0v) is 9.40. The van der Waals surface area contributed by atoms with Gasteiger partial charge < -0.3 is 14.5 Å². The molecule has 0 aromatic carbocycles. The summed E-state index contributed by atoms with van der Waals surface area (Å²) >= 11 is 0. The van der Waals surface area contributed by atoms with Crippen molar-refractivity contribution in [3.8, 4) is 6.07 Å². The molecule has 0 aliphatic carbocycles. The van der Waals surface area contributed by atoms with Crippen molar-refractivity contribution in [2.24, 2.45) is 0 Å². The van der Waals surface area contributed by atoms with E-state index >= 15 is 0 Å². The predicted molar refractivity (Wildman–Crippen MR) is 58.7 cm³/mol. The van der Waals surface area contributed by atoms with E-state index in [4.69, 9.17) is 14.4 Å². The van der Waals surface area contributed by atoms with Crippen LogP contribution in [0.4, 0.5) is 0 Å². The maximum atomic E-state index is 8.62. The molecule has 1 aromatic heterocycles. The molecule has 1 aromatic rings. The maximum Gasteiger partial charge on any atom is 0.203 e. The second-order valence-electron chi connectivity index (χ2n) is 4.16. The van der Waals surface area contributed by atoms with Gasteiger partial charge in [-0.15, -0.1) is 0 Å². The number of rotatable bonds is 3. The highest BCUT2D eigenvalue weighted by Gasteiger charge is 2.18. The molecule has 1 N–H and O–H groups in total. The van der Waals surface area contributed by atoms with Crippen molar-refractivity contribution in [3.05, 3.63) is 23.7 Å². The van der Waals surface area contributed by atoms with Gasteiger partial charge in [0.2, 0.25) is 5.76 Å². The minimum absolute atomic E-state index is 0.331. The van der Waals surface area contributed by atoms with E-state index in [-0.39, 0.29) is 0 Å². The minimum Gasteiger partial charge on any atom is -0.449 e. The second kappa shape index (κ2) is 5.15. The third-order valence-corrected chi connectivity index (χ3v) is 2.82. The molecule has 2 heterocycles. The van der Waals surface area contributed by atoms with E-state index in [2.05, 4.69) is 12.2 Å².